The first-order chi connectivity index (χ1) is 15.1. The van der Waals surface area contributed by atoms with Crippen LogP contribution in [-0.4, -0.2) is 15.9 Å². The second-order valence-corrected chi connectivity index (χ2v) is 8.29. The van der Waals surface area contributed by atoms with Crippen LogP contribution in [0.3, 0.4) is 0 Å². The number of benzene rings is 2. The fraction of sp³-hybridized carbons (Fsp3) is 0.208. The average Bonchev–Trinajstić information content (AvgIpc) is 3.30. The summed E-state index contributed by atoms with van der Waals surface area (Å²) in [5.74, 6) is 0.840. The third-order valence-corrected chi connectivity index (χ3v) is 5.94. The number of para-hydroxylation sites is 1. The molecule has 0 saturated carbocycles. The highest BCUT2D eigenvalue weighted by atomic mass is 32.1. The molecule has 2 heterocycles. The molecule has 4 rings (SSSR count). The molecule has 0 spiro atoms. The Morgan fingerprint density at radius 3 is 2.71 bits per heavy atom. The monoisotopic (exact) mass is 434 g/mol. The number of rotatable bonds is 8. The number of carbonyl (C=O) groups is 1. The van der Waals surface area contributed by atoms with Gasteiger partial charge >= 0.3 is 0 Å². The van der Waals surface area contributed by atoms with Crippen molar-refractivity contribution in [1.82, 2.24) is 15.3 Å². The predicted octanol–water partition coefficient (Wildman–Crippen LogP) is 5.00. The molecule has 31 heavy (non-hydrogen) atoms. The summed E-state index contributed by atoms with van der Waals surface area (Å²) in [5, 5.41) is 9.02. The first-order valence-corrected chi connectivity index (χ1v) is 11.0. The van der Waals surface area contributed by atoms with Gasteiger partial charge in [-0.3, -0.25) is 4.79 Å². The number of nitrogens with zero attached hydrogens (tertiary/aromatic N) is 2. The summed E-state index contributed by atoms with van der Waals surface area (Å²) in [6.07, 6.45) is 1.14. The summed E-state index contributed by atoms with van der Waals surface area (Å²) in [6.45, 7) is 2.53. The predicted molar refractivity (Wildman–Crippen MR) is 122 cm³/mol. The van der Waals surface area contributed by atoms with E-state index in [0.29, 0.717) is 30.2 Å². The number of thiophene rings is 1. The van der Waals surface area contributed by atoms with Crippen molar-refractivity contribution in [3.05, 3.63) is 87.6 Å². The van der Waals surface area contributed by atoms with Crippen LogP contribution in [0.25, 0.3) is 10.9 Å². The van der Waals surface area contributed by atoms with Gasteiger partial charge in [-0.05, 0) is 42.5 Å². The van der Waals surface area contributed by atoms with E-state index in [1.165, 1.54) is 10.9 Å². The van der Waals surface area contributed by atoms with Crippen LogP contribution >= 0.6 is 11.3 Å². The minimum atomic E-state index is -0.261. The lowest BCUT2D eigenvalue weighted by Gasteiger charge is -2.13. The highest BCUT2D eigenvalue weighted by Crippen LogP contribution is 2.24. The van der Waals surface area contributed by atoms with Crippen molar-refractivity contribution in [2.75, 3.05) is 5.32 Å². The number of anilines is 1. The van der Waals surface area contributed by atoms with Gasteiger partial charge in [-0.15, -0.1) is 11.3 Å². The first-order valence-electron chi connectivity index (χ1n) is 10.1. The van der Waals surface area contributed by atoms with E-state index in [1.807, 2.05) is 42.6 Å². The molecule has 0 aliphatic carbocycles. The Hall–Kier alpha value is -3.32. The third kappa shape index (κ3) is 5.24. The summed E-state index contributed by atoms with van der Waals surface area (Å²) >= 11 is 1.65. The van der Waals surface area contributed by atoms with E-state index >= 15 is 0 Å². The van der Waals surface area contributed by atoms with Crippen molar-refractivity contribution in [1.29, 1.82) is 0 Å². The second-order valence-electron chi connectivity index (χ2n) is 7.26. The van der Waals surface area contributed by atoms with E-state index in [0.717, 1.165) is 22.9 Å². The van der Waals surface area contributed by atoms with E-state index in [4.69, 9.17) is 0 Å². The minimum Gasteiger partial charge on any atom is -0.365 e. The Morgan fingerprint density at radius 2 is 1.90 bits per heavy atom. The lowest BCUT2D eigenvalue weighted by molar-refractivity contribution is -0.121. The maximum Gasteiger partial charge on any atom is 0.220 e. The largest absolute Gasteiger partial charge is 0.365 e. The summed E-state index contributed by atoms with van der Waals surface area (Å²) in [4.78, 5) is 22.7. The van der Waals surface area contributed by atoms with Gasteiger partial charge in [-0.1, -0.05) is 36.4 Å². The zero-order valence-electron chi connectivity index (χ0n) is 17.2. The number of aryl methyl sites for hydroxylation is 2. The minimum absolute atomic E-state index is 0.0391. The van der Waals surface area contributed by atoms with Gasteiger partial charge in [0.05, 0.1) is 12.1 Å². The molecule has 2 N–H and O–H groups in total. The molecule has 0 saturated heterocycles. The van der Waals surface area contributed by atoms with E-state index < -0.39 is 0 Å². The maximum atomic E-state index is 14.0. The van der Waals surface area contributed by atoms with E-state index in [2.05, 4.69) is 20.6 Å². The molecular weight excluding hydrogens is 411 g/mol. The Kier molecular flexibility index (Phi) is 6.52. The molecule has 7 heteroatoms. The smallest absolute Gasteiger partial charge is 0.220 e. The topological polar surface area (TPSA) is 66.9 Å². The van der Waals surface area contributed by atoms with Crippen LogP contribution in [0.15, 0.2) is 60.0 Å². The van der Waals surface area contributed by atoms with Crippen LogP contribution in [0, 0.1) is 12.7 Å². The number of halogens is 1. The fourth-order valence-electron chi connectivity index (χ4n) is 3.33. The fourth-order valence-corrected chi connectivity index (χ4v) is 4.04. The van der Waals surface area contributed by atoms with E-state index in [1.54, 1.807) is 29.5 Å². The molecule has 0 aliphatic heterocycles. The number of hydrogen-bond acceptors (Lipinski definition) is 5. The Balaban J connectivity index is 1.50. The maximum absolute atomic E-state index is 14.0. The number of fused-ring (bicyclic) bond motifs is 1. The standard InChI is InChI=1S/C24H23FN4OS/c1-16-6-4-9-19-23(16)28-21(15-26-22(30)12-11-18-8-5-13-31-18)29-24(19)27-14-17-7-2-3-10-20(17)25/h2-10,13H,11-12,14-15H2,1H3,(H,26,30)(H,27,28,29). The van der Waals surface area contributed by atoms with Gasteiger partial charge in [0.15, 0.2) is 5.82 Å². The SMILES string of the molecule is Cc1cccc2c(NCc3ccccc3F)nc(CNC(=O)CCc3cccs3)nc12. The van der Waals surface area contributed by atoms with Gasteiger partial charge in [0.25, 0.3) is 0 Å². The lowest BCUT2D eigenvalue weighted by atomic mass is 10.1. The highest BCUT2D eigenvalue weighted by Gasteiger charge is 2.12. The van der Waals surface area contributed by atoms with Gasteiger partial charge in [-0.2, -0.15) is 0 Å². The molecule has 1 amide bonds. The Bertz CT molecular complexity index is 1190. The first kappa shape index (κ1) is 20.9. The van der Waals surface area contributed by atoms with Crippen LogP contribution in [0.4, 0.5) is 10.2 Å². The van der Waals surface area contributed by atoms with Crippen LogP contribution < -0.4 is 10.6 Å². The quantitative estimate of drug-likeness (QED) is 0.410. The summed E-state index contributed by atoms with van der Waals surface area (Å²) < 4.78 is 14.0. The van der Waals surface area contributed by atoms with Gasteiger partial charge in [-0.25, -0.2) is 14.4 Å². The van der Waals surface area contributed by atoms with Gasteiger partial charge in [0, 0.05) is 28.8 Å². The second kappa shape index (κ2) is 9.66. The van der Waals surface area contributed by atoms with Crippen molar-refractivity contribution >= 4 is 34.0 Å². The summed E-state index contributed by atoms with van der Waals surface area (Å²) in [6, 6.07) is 16.5. The van der Waals surface area contributed by atoms with Crippen LogP contribution in [0.1, 0.15) is 28.2 Å². The van der Waals surface area contributed by atoms with E-state index in [-0.39, 0.29) is 18.3 Å². The number of amides is 1. The molecule has 2 aromatic heterocycles. The molecule has 0 unspecified atom stereocenters. The van der Waals surface area contributed by atoms with Crippen LogP contribution in [0.2, 0.25) is 0 Å². The zero-order chi connectivity index (χ0) is 21.6. The van der Waals surface area contributed by atoms with Gasteiger partial charge < -0.3 is 10.6 Å². The van der Waals surface area contributed by atoms with Crippen molar-refractivity contribution in [2.45, 2.75) is 32.9 Å². The zero-order valence-corrected chi connectivity index (χ0v) is 18.0. The Labute approximate surface area is 184 Å². The summed E-state index contributed by atoms with van der Waals surface area (Å²) in [7, 11) is 0. The molecular formula is C24H23FN4OS. The summed E-state index contributed by atoms with van der Waals surface area (Å²) in [5.41, 5.74) is 2.39. The molecule has 0 atom stereocenters. The molecule has 0 aliphatic rings. The average molecular weight is 435 g/mol. The number of hydrogen-bond donors (Lipinski definition) is 2. The molecule has 0 radical (unpaired) electrons. The molecule has 2 aromatic carbocycles. The van der Waals surface area contributed by atoms with Crippen LogP contribution in [-0.2, 0) is 24.3 Å². The molecule has 158 valence electrons. The number of nitrogens with one attached hydrogen (secondary N) is 2. The van der Waals surface area contributed by atoms with Crippen molar-refractivity contribution in [3.8, 4) is 0 Å². The normalized spacial score (nSPS) is 10.9. The molecule has 4 aromatic rings. The van der Waals surface area contributed by atoms with Crippen molar-refractivity contribution < 1.29 is 9.18 Å². The molecule has 0 fully saturated rings. The van der Waals surface area contributed by atoms with E-state index in [9.17, 15) is 9.18 Å². The molecule has 5 nitrogen and oxygen atoms in total. The number of aromatic nitrogens is 2. The molecule has 0 bridgehead atoms. The third-order valence-electron chi connectivity index (χ3n) is 5.00. The van der Waals surface area contributed by atoms with Crippen molar-refractivity contribution in [2.24, 2.45) is 0 Å². The lowest BCUT2D eigenvalue weighted by Crippen LogP contribution is -2.24. The number of carbonyl (C=O) groups excluding carboxylic acids is 1. The van der Waals surface area contributed by atoms with Gasteiger partial charge in [0.1, 0.15) is 11.6 Å². The van der Waals surface area contributed by atoms with Crippen molar-refractivity contribution in [3.63, 3.8) is 0 Å². The van der Waals surface area contributed by atoms with Gasteiger partial charge in [0.2, 0.25) is 5.91 Å². The van der Waals surface area contributed by atoms with Crippen LogP contribution in [0.5, 0.6) is 0 Å². The Morgan fingerprint density at radius 1 is 1.03 bits per heavy atom. The highest BCUT2D eigenvalue weighted by molar-refractivity contribution is 7.09.